The maximum Gasteiger partial charge on any atom is 0.352 e. The summed E-state index contributed by atoms with van der Waals surface area (Å²) in [6.07, 6.45) is 0.320. The molecule has 0 aliphatic carbocycles. The Bertz CT molecular complexity index is 1130. The number of rotatable bonds is 9. The van der Waals surface area contributed by atoms with E-state index >= 15 is 0 Å². The minimum Gasteiger partial charge on any atom is -0.477 e. The predicted octanol–water partition coefficient (Wildman–Crippen LogP) is -0.414. The Hall–Kier alpha value is -2.24. The third-order valence-electron chi connectivity index (χ3n) is 4.86. The van der Waals surface area contributed by atoms with Crippen LogP contribution in [0, 0.1) is 0 Å². The molecular weight excluding hydrogens is 510 g/mol. The summed E-state index contributed by atoms with van der Waals surface area (Å²) in [5.74, 6) is -1.38. The first-order valence-corrected chi connectivity index (χ1v) is 13.8. The summed E-state index contributed by atoms with van der Waals surface area (Å²) < 4.78 is 0.561. The summed E-state index contributed by atoms with van der Waals surface area (Å²) in [6, 6.07) is -0.800. The number of aliphatic hydroxyl groups is 1. The first-order valence-electron chi connectivity index (χ1n) is 9.56. The van der Waals surface area contributed by atoms with Crippen molar-refractivity contribution in [2.75, 3.05) is 29.0 Å². The fourth-order valence-electron chi connectivity index (χ4n) is 3.37. The van der Waals surface area contributed by atoms with Crippen LogP contribution >= 0.6 is 45.5 Å². The normalized spacial score (nSPS) is 20.5. The lowest BCUT2D eigenvalue weighted by Crippen LogP contribution is -2.70. The van der Waals surface area contributed by atoms with Crippen molar-refractivity contribution < 1.29 is 24.6 Å². The summed E-state index contributed by atoms with van der Waals surface area (Å²) in [4.78, 5) is 42.3. The number of carbonyl (C=O) groups is 3. The van der Waals surface area contributed by atoms with Crippen LogP contribution in [0.3, 0.4) is 0 Å². The van der Waals surface area contributed by atoms with Crippen LogP contribution in [0.5, 0.6) is 0 Å². The van der Waals surface area contributed by atoms with Crippen LogP contribution < -0.4 is 16.2 Å². The molecule has 2 unspecified atom stereocenters. The number of nitrogens with two attached hydrogens (primary N) is 2. The van der Waals surface area contributed by atoms with E-state index in [1.807, 2.05) is 0 Å². The summed E-state index contributed by atoms with van der Waals surface area (Å²) in [7, 11) is -0.825. The summed E-state index contributed by atoms with van der Waals surface area (Å²) in [6.45, 7) is -0.0774. The first kappa shape index (κ1) is 23.9. The molecular formula is C17H20N7O5S4+. The van der Waals surface area contributed by atoms with Crippen molar-refractivity contribution in [1.29, 1.82) is 0 Å². The van der Waals surface area contributed by atoms with Gasteiger partial charge in [0, 0.05) is 16.9 Å². The van der Waals surface area contributed by atoms with Gasteiger partial charge in [0.25, 0.3) is 10.9 Å². The maximum atomic E-state index is 12.8. The Labute approximate surface area is 202 Å². The average molecular weight is 531 g/mol. The molecule has 2 aliphatic rings. The zero-order valence-corrected chi connectivity index (χ0v) is 20.2. The number of hydrogen-bond acceptors (Lipinski definition) is 12. The molecule has 4 rings (SSSR count). The highest BCUT2D eigenvalue weighted by Gasteiger charge is 2.54. The number of aliphatic hydroxyl groups excluding tert-OH is 1. The zero-order valence-electron chi connectivity index (χ0n) is 17.0. The molecule has 176 valence electrons. The summed E-state index contributed by atoms with van der Waals surface area (Å²) >= 11 is 3.89. The lowest BCUT2D eigenvalue weighted by molar-refractivity contribution is -0.150. The summed E-state index contributed by atoms with van der Waals surface area (Å²) in [5, 5.41) is 37.8. The molecule has 0 spiro atoms. The second kappa shape index (κ2) is 9.94. The van der Waals surface area contributed by atoms with Crippen LogP contribution in [0.15, 0.2) is 21.0 Å². The molecule has 7 N–H and O–H groups in total. The van der Waals surface area contributed by atoms with Gasteiger partial charge in [-0.3, -0.25) is 14.5 Å². The maximum absolute atomic E-state index is 12.8. The van der Waals surface area contributed by atoms with Crippen molar-refractivity contribution in [2.45, 2.75) is 28.6 Å². The largest absolute Gasteiger partial charge is 0.477 e. The van der Waals surface area contributed by atoms with Crippen molar-refractivity contribution in [1.82, 2.24) is 25.4 Å². The molecule has 33 heavy (non-hydrogen) atoms. The van der Waals surface area contributed by atoms with Crippen LogP contribution in [-0.4, -0.2) is 77.6 Å². The number of nitrogens with zero attached hydrogens (tertiary/aromatic N) is 4. The van der Waals surface area contributed by atoms with Gasteiger partial charge in [0.1, 0.15) is 27.8 Å². The van der Waals surface area contributed by atoms with Crippen LogP contribution in [0.1, 0.15) is 10.7 Å². The fourth-order valence-corrected chi connectivity index (χ4v) is 7.79. The highest BCUT2D eigenvalue weighted by atomic mass is 32.2. The highest BCUT2D eigenvalue weighted by Crippen LogP contribution is 2.42. The van der Waals surface area contributed by atoms with E-state index in [1.54, 1.807) is 5.38 Å². The SMILES string of the molecule is Nc1nc(CC(=O)NC2C(=O)N3C(C(=O)O)=C(CSc4nnc(CCO)[s+]4N)CS[C@H]23)cs1. The van der Waals surface area contributed by atoms with Gasteiger partial charge in [0.2, 0.25) is 5.91 Å². The van der Waals surface area contributed by atoms with Crippen LogP contribution in [0.4, 0.5) is 5.13 Å². The Balaban J connectivity index is 1.43. The van der Waals surface area contributed by atoms with E-state index in [0.717, 1.165) is 0 Å². The number of anilines is 1. The van der Waals surface area contributed by atoms with Gasteiger partial charge in [-0.05, 0) is 17.3 Å². The number of carboxylic acid groups (broad SMARTS) is 1. The van der Waals surface area contributed by atoms with E-state index in [2.05, 4.69) is 20.5 Å². The van der Waals surface area contributed by atoms with E-state index in [9.17, 15) is 19.5 Å². The second-order valence-corrected chi connectivity index (χ2v) is 11.8. The molecule has 2 aliphatic heterocycles. The number of thiazole rings is 1. The second-order valence-electron chi connectivity index (χ2n) is 7.03. The third-order valence-corrected chi connectivity index (χ3v) is 9.89. The van der Waals surface area contributed by atoms with Crippen LogP contribution in [0.2, 0.25) is 0 Å². The molecule has 2 amide bonds. The standard InChI is InChI=1S/C17H19N7O5S4/c18-16-20-8(6-31-16)3-9(26)21-11-13(27)24-12(15(28)29)7(4-30-14(11)24)5-32-17-23-22-10(1-2-25)33(17)19/h6,11,14,25H,1-5,19H2,(H3-,18,20,21,26,28,29)/p+1/t11?,14-,33?/m1/s1. The molecule has 2 aromatic rings. The molecule has 0 radical (unpaired) electrons. The molecule has 0 bridgehead atoms. The van der Waals surface area contributed by atoms with E-state index in [4.69, 9.17) is 16.0 Å². The van der Waals surface area contributed by atoms with Crippen molar-refractivity contribution >= 4 is 68.4 Å². The van der Waals surface area contributed by atoms with E-state index in [0.29, 0.717) is 37.9 Å². The van der Waals surface area contributed by atoms with Crippen LogP contribution in [-0.2, 0) is 27.2 Å². The predicted molar refractivity (Wildman–Crippen MR) is 126 cm³/mol. The molecule has 0 aromatic carbocycles. The monoisotopic (exact) mass is 530 g/mol. The van der Waals surface area contributed by atoms with Gasteiger partial charge >= 0.3 is 10.3 Å². The van der Waals surface area contributed by atoms with Crippen molar-refractivity contribution in [3.05, 3.63) is 27.4 Å². The number of hydrogen-bond donors (Lipinski definition) is 5. The minimum atomic E-state index is -1.20. The molecule has 3 atom stereocenters. The number of amides is 2. The topological polar surface area (TPSA) is 198 Å². The molecule has 4 heterocycles. The third kappa shape index (κ3) is 4.85. The number of β-lactam (4-membered cyclic amide) rings is 1. The van der Waals surface area contributed by atoms with Crippen molar-refractivity contribution in [2.24, 2.45) is 0 Å². The minimum absolute atomic E-state index is 0.0120. The number of fused-ring (bicyclic) bond motifs is 1. The van der Waals surface area contributed by atoms with E-state index in [-0.39, 0.29) is 30.4 Å². The average Bonchev–Trinajstić information content (AvgIpc) is 3.34. The van der Waals surface area contributed by atoms with Gasteiger partial charge < -0.3 is 21.3 Å². The van der Waals surface area contributed by atoms with Gasteiger partial charge in [-0.15, -0.1) is 28.2 Å². The Morgan fingerprint density at radius 1 is 1.39 bits per heavy atom. The molecule has 12 nitrogen and oxygen atoms in total. The number of carboxylic acids is 1. The van der Waals surface area contributed by atoms with Gasteiger partial charge in [-0.2, -0.15) is 0 Å². The zero-order chi connectivity index (χ0) is 23.7. The van der Waals surface area contributed by atoms with Crippen molar-refractivity contribution in [3.63, 3.8) is 0 Å². The number of carbonyl (C=O) groups excluding carboxylic acids is 2. The number of aromatic nitrogens is 3. The summed E-state index contributed by atoms with van der Waals surface area (Å²) in [5.41, 5.74) is 6.59. The number of thioether (sulfide) groups is 2. The Kier molecular flexibility index (Phi) is 7.20. The van der Waals surface area contributed by atoms with E-state index in [1.165, 1.54) is 39.8 Å². The number of nitrogens with one attached hydrogen (secondary N) is 1. The molecule has 1 fully saturated rings. The molecule has 16 heteroatoms. The molecule has 2 aromatic heterocycles. The fraction of sp³-hybridized carbons (Fsp3) is 0.412. The Morgan fingerprint density at radius 3 is 2.85 bits per heavy atom. The lowest BCUT2D eigenvalue weighted by atomic mass is 10.0. The first-order chi connectivity index (χ1) is 15.8. The van der Waals surface area contributed by atoms with Gasteiger partial charge in [-0.1, -0.05) is 10.2 Å². The van der Waals surface area contributed by atoms with Gasteiger partial charge in [0.05, 0.1) is 25.1 Å². The van der Waals surface area contributed by atoms with E-state index < -0.39 is 33.9 Å². The lowest BCUT2D eigenvalue weighted by Gasteiger charge is -2.49. The number of nitrogen functional groups attached to an aromatic ring is 2. The Morgan fingerprint density at radius 2 is 2.18 bits per heavy atom. The number of aliphatic carboxylic acids is 1. The van der Waals surface area contributed by atoms with Crippen LogP contribution in [0.25, 0.3) is 0 Å². The van der Waals surface area contributed by atoms with Gasteiger partial charge in [-0.25, -0.2) is 9.78 Å². The quantitative estimate of drug-likeness (QED) is 0.160. The smallest absolute Gasteiger partial charge is 0.352 e. The molecule has 1 saturated heterocycles. The van der Waals surface area contributed by atoms with Gasteiger partial charge in [0.15, 0.2) is 5.13 Å². The highest BCUT2D eigenvalue weighted by molar-refractivity contribution is 8.02. The molecule has 0 saturated carbocycles. The van der Waals surface area contributed by atoms with Crippen molar-refractivity contribution in [3.8, 4) is 0 Å².